The number of carbonyl (C=O) groups excluding carboxylic acids is 2. The molecule has 6 heteroatoms. The molecule has 0 fully saturated rings. The number of benzene rings is 1. The maximum Gasteiger partial charge on any atom is 0.407 e. The van der Waals surface area contributed by atoms with Crippen molar-refractivity contribution in [2.24, 2.45) is 0 Å². The summed E-state index contributed by atoms with van der Waals surface area (Å²) in [7, 11) is 1.24. The van der Waals surface area contributed by atoms with Gasteiger partial charge in [-0.2, -0.15) is 0 Å². The van der Waals surface area contributed by atoms with Crippen molar-refractivity contribution in [2.75, 3.05) is 20.2 Å². The lowest BCUT2D eigenvalue weighted by Crippen LogP contribution is -2.37. The Bertz CT molecular complexity index is 406. The predicted octanol–water partition coefficient (Wildman–Crippen LogP) is 1.35. The molecule has 0 unspecified atom stereocenters. The summed E-state index contributed by atoms with van der Waals surface area (Å²) in [5.41, 5.74) is 1.08. The molecule has 0 heterocycles. The molecule has 0 saturated heterocycles. The largest absolute Gasteiger partial charge is 0.453 e. The highest BCUT2D eigenvalue weighted by atomic mass is 35.5. The third kappa shape index (κ3) is 5.54. The maximum absolute atomic E-state index is 11.3. The Hall–Kier alpha value is -1.75. The number of rotatable bonds is 5. The first-order valence-electron chi connectivity index (χ1n) is 5.45. The Morgan fingerprint density at radius 2 is 1.89 bits per heavy atom. The average molecular weight is 271 g/mol. The minimum Gasteiger partial charge on any atom is -0.453 e. The van der Waals surface area contributed by atoms with E-state index in [4.69, 9.17) is 11.6 Å². The molecular weight excluding hydrogens is 256 g/mol. The van der Waals surface area contributed by atoms with Crippen LogP contribution in [0.25, 0.3) is 0 Å². The Morgan fingerprint density at radius 3 is 2.50 bits per heavy atom. The van der Waals surface area contributed by atoms with Crippen LogP contribution in [0.5, 0.6) is 0 Å². The molecule has 0 aliphatic carbocycles. The molecule has 0 bridgehead atoms. The fourth-order valence-electron chi connectivity index (χ4n) is 1.28. The second-order valence-electron chi connectivity index (χ2n) is 3.57. The van der Waals surface area contributed by atoms with Crippen LogP contribution in [-0.4, -0.2) is 32.2 Å². The van der Waals surface area contributed by atoms with Crippen LogP contribution in [0.2, 0.25) is 5.02 Å². The molecule has 2 N–H and O–H groups in total. The third-order valence-corrected chi connectivity index (χ3v) is 2.48. The van der Waals surface area contributed by atoms with E-state index in [0.29, 0.717) is 18.0 Å². The summed E-state index contributed by atoms with van der Waals surface area (Å²) in [5, 5.41) is 5.67. The number of alkyl carbamates (subject to hydrolysis) is 1. The molecule has 0 aromatic heterocycles. The van der Waals surface area contributed by atoms with Crippen molar-refractivity contribution in [3.63, 3.8) is 0 Å². The molecule has 0 aliphatic rings. The zero-order valence-electron chi connectivity index (χ0n) is 10.0. The van der Waals surface area contributed by atoms with Gasteiger partial charge in [0.05, 0.1) is 13.7 Å². The summed E-state index contributed by atoms with van der Waals surface area (Å²) < 4.78 is 4.34. The van der Waals surface area contributed by atoms with Crippen LogP contribution in [0, 0.1) is 0 Å². The Balaban J connectivity index is 2.19. The Kier molecular flexibility index (Phi) is 6.00. The summed E-state index contributed by atoms with van der Waals surface area (Å²) in [5.74, 6) is -0.255. The van der Waals surface area contributed by atoms with Crippen molar-refractivity contribution >= 4 is 23.6 Å². The lowest BCUT2D eigenvalue weighted by Gasteiger charge is -2.06. The van der Waals surface area contributed by atoms with Crippen LogP contribution >= 0.6 is 11.6 Å². The van der Waals surface area contributed by atoms with Crippen LogP contribution in [0.1, 0.15) is 5.56 Å². The van der Waals surface area contributed by atoms with E-state index >= 15 is 0 Å². The summed E-state index contributed by atoms with van der Waals surface area (Å²) >= 11 is 5.76. The van der Waals surface area contributed by atoms with Crippen LogP contribution in [0.15, 0.2) is 24.3 Å². The zero-order chi connectivity index (χ0) is 13.4. The Labute approximate surface area is 110 Å². The summed E-state index contributed by atoms with van der Waals surface area (Å²) in [4.78, 5) is 22.0. The highest BCUT2D eigenvalue weighted by Crippen LogP contribution is 2.09. The third-order valence-electron chi connectivity index (χ3n) is 2.23. The number of amides is 2. The van der Waals surface area contributed by atoms with Gasteiger partial charge in [-0.05, 0) is 24.1 Å². The van der Waals surface area contributed by atoms with Gasteiger partial charge in [0.25, 0.3) is 0 Å². The van der Waals surface area contributed by atoms with Gasteiger partial charge in [-0.3, -0.25) is 4.79 Å². The van der Waals surface area contributed by atoms with Gasteiger partial charge in [0, 0.05) is 11.6 Å². The minimum atomic E-state index is -0.622. The lowest BCUT2D eigenvalue weighted by atomic mass is 10.1. The fraction of sp³-hybridized carbons (Fsp3) is 0.333. The van der Waals surface area contributed by atoms with E-state index in [0.717, 1.165) is 5.56 Å². The van der Waals surface area contributed by atoms with Crippen molar-refractivity contribution in [3.8, 4) is 0 Å². The van der Waals surface area contributed by atoms with E-state index in [2.05, 4.69) is 15.4 Å². The highest BCUT2D eigenvalue weighted by Gasteiger charge is 2.03. The van der Waals surface area contributed by atoms with Crippen LogP contribution in [0.3, 0.4) is 0 Å². The quantitative estimate of drug-likeness (QED) is 0.849. The molecule has 0 atom stereocenters. The van der Waals surface area contributed by atoms with Crippen LogP contribution in [-0.2, 0) is 16.0 Å². The van der Waals surface area contributed by atoms with Crippen LogP contribution in [0.4, 0.5) is 4.79 Å². The number of hydrogen-bond donors (Lipinski definition) is 2. The summed E-state index contributed by atoms with van der Waals surface area (Å²) in [6.45, 7) is 0.413. The van der Waals surface area contributed by atoms with Gasteiger partial charge in [-0.15, -0.1) is 0 Å². The molecule has 18 heavy (non-hydrogen) atoms. The van der Waals surface area contributed by atoms with E-state index in [9.17, 15) is 9.59 Å². The normalized spacial score (nSPS) is 9.67. The van der Waals surface area contributed by atoms with Gasteiger partial charge in [-0.1, -0.05) is 23.7 Å². The molecule has 5 nitrogen and oxygen atoms in total. The van der Waals surface area contributed by atoms with Gasteiger partial charge in [0.15, 0.2) is 0 Å². The number of nitrogens with one attached hydrogen (secondary N) is 2. The van der Waals surface area contributed by atoms with Gasteiger partial charge in [0.1, 0.15) is 0 Å². The lowest BCUT2D eigenvalue weighted by molar-refractivity contribution is -0.120. The molecule has 98 valence electrons. The smallest absolute Gasteiger partial charge is 0.407 e. The Morgan fingerprint density at radius 1 is 1.22 bits per heavy atom. The number of carbonyl (C=O) groups is 2. The van der Waals surface area contributed by atoms with Gasteiger partial charge < -0.3 is 15.4 Å². The van der Waals surface area contributed by atoms with E-state index in [1.165, 1.54) is 7.11 Å². The number of hydrogen-bond acceptors (Lipinski definition) is 3. The van der Waals surface area contributed by atoms with Crippen LogP contribution < -0.4 is 10.6 Å². The molecule has 0 spiro atoms. The summed E-state index contributed by atoms with van der Waals surface area (Å²) in [6.07, 6.45) is 0.0871. The molecule has 1 aromatic rings. The van der Waals surface area contributed by atoms with Crippen molar-refractivity contribution in [1.82, 2.24) is 10.6 Å². The van der Waals surface area contributed by atoms with E-state index < -0.39 is 6.09 Å². The van der Waals surface area contributed by atoms with E-state index in [1.54, 1.807) is 12.1 Å². The van der Waals surface area contributed by atoms with E-state index in [-0.39, 0.29) is 12.5 Å². The van der Waals surface area contributed by atoms with Crippen molar-refractivity contribution in [3.05, 3.63) is 34.9 Å². The predicted molar refractivity (Wildman–Crippen MR) is 68.6 cm³/mol. The minimum absolute atomic E-state index is 0.0900. The second-order valence-corrected chi connectivity index (χ2v) is 4.01. The SMILES string of the molecule is COC(=O)NCC(=O)NCCc1ccc(Cl)cc1. The molecular formula is C12H15ClN2O3. The second kappa shape index (κ2) is 7.55. The monoisotopic (exact) mass is 270 g/mol. The topological polar surface area (TPSA) is 67.4 Å². The first-order chi connectivity index (χ1) is 8.61. The molecule has 1 rings (SSSR count). The molecule has 0 aliphatic heterocycles. The number of ether oxygens (including phenoxy) is 1. The molecule has 2 amide bonds. The maximum atomic E-state index is 11.3. The first kappa shape index (κ1) is 14.3. The van der Waals surface area contributed by atoms with Gasteiger partial charge >= 0.3 is 6.09 Å². The van der Waals surface area contributed by atoms with Crippen molar-refractivity contribution < 1.29 is 14.3 Å². The van der Waals surface area contributed by atoms with Crippen molar-refractivity contribution in [2.45, 2.75) is 6.42 Å². The number of halogens is 1. The molecule has 0 saturated carbocycles. The first-order valence-corrected chi connectivity index (χ1v) is 5.82. The number of methoxy groups -OCH3 is 1. The zero-order valence-corrected chi connectivity index (χ0v) is 10.8. The molecule has 1 aromatic carbocycles. The van der Waals surface area contributed by atoms with Crippen molar-refractivity contribution in [1.29, 1.82) is 0 Å². The highest BCUT2D eigenvalue weighted by molar-refractivity contribution is 6.30. The average Bonchev–Trinajstić information content (AvgIpc) is 2.38. The van der Waals surface area contributed by atoms with Gasteiger partial charge in [0.2, 0.25) is 5.91 Å². The fourth-order valence-corrected chi connectivity index (χ4v) is 1.41. The van der Waals surface area contributed by atoms with Gasteiger partial charge in [-0.25, -0.2) is 4.79 Å². The standard InChI is InChI=1S/C12H15ClN2O3/c1-18-12(17)15-8-11(16)14-7-6-9-2-4-10(13)5-3-9/h2-5H,6-8H2,1H3,(H,14,16)(H,15,17). The molecule has 0 radical (unpaired) electrons. The van der Waals surface area contributed by atoms with E-state index in [1.807, 2.05) is 12.1 Å². The summed E-state index contributed by atoms with van der Waals surface area (Å²) in [6, 6.07) is 7.41.